The lowest BCUT2D eigenvalue weighted by Gasteiger charge is -2.27. The van der Waals surface area contributed by atoms with Gasteiger partial charge in [0.25, 0.3) is 5.91 Å². The van der Waals surface area contributed by atoms with E-state index < -0.39 is 33.7 Å². The monoisotopic (exact) mass is 472 g/mol. The zero-order chi connectivity index (χ0) is 22.9. The van der Waals surface area contributed by atoms with Crippen molar-refractivity contribution in [2.24, 2.45) is 0 Å². The van der Waals surface area contributed by atoms with Crippen molar-refractivity contribution in [2.45, 2.75) is 23.9 Å². The summed E-state index contributed by atoms with van der Waals surface area (Å²) in [6.07, 6.45) is -0.321. The van der Waals surface area contributed by atoms with Gasteiger partial charge in [0.2, 0.25) is 15.9 Å². The number of anilines is 1. The highest BCUT2D eigenvalue weighted by atomic mass is 35.5. The van der Waals surface area contributed by atoms with Gasteiger partial charge in [0.05, 0.1) is 17.0 Å². The molecular formula is C23H18ClFN2O4S. The lowest BCUT2D eigenvalue weighted by Crippen LogP contribution is -2.45. The van der Waals surface area contributed by atoms with Gasteiger partial charge in [0, 0.05) is 11.6 Å². The molecule has 1 aliphatic rings. The molecule has 32 heavy (non-hydrogen) atoms. The minimum atomic E-state index is -4.27. The Balaban J connectivity index is 1.77. The summed E-state index contributed by atoms with van der Waals surface area (Å²) in [5, 5.41) is 0.323. The van der Waals surface area contributed by atoms with Crippen molar-refractivity contribution < 1.29 is 22.4 Å². The van der Waals surface area contributed by atoms with E-state index in [2.05, 4.69) is 0 Å². The van der Waals surface area contributed by atoms with Crippen LogP contribution in [0, 0.1) is 5.82 Å². The summed E-state index contributed by atoms with van der Waals surface area (Å²) in [6, 6.07) is 18.0. The molecule has 6 nitrogen and oxygen atoms in total. The topological polar surface area (TPSA) is 74.8 Å². The number of rotatable bonds is 6. The molecule has 0 radical (unpaired) electrons. The van der Waals surface area contributed by atoms with Gasteiger partial charge in [-0.3, -0.25) is 9.59 Å². The fourth-order valence-electron chi connectivity index (χ4n) is 3.59. The second kappa shape index (κ2) is 8.82. The van der Waals surface area contributed by atoms with E-state index in [1.165, 1.54) is 0 Å². The molecule has 164 valence electrons. The molecule has 1 unspecified atom stereocenters. The predicted octanol–water partition coefficient (Wildman–Crippen LogP) is 4.00. The average molecular weight is 473 g/mol. The van der Waals surface area contributed by atoms with Crippen LogP contribution in [-0.4, -0.2) is 30.6 Å². The van der Waals surface area contributed by atoms with Crippen molar-refractivity contribution in [3.8, 4) is 0 Å². The highest BCUT2D eigenvalue weighted by Crippen LogP contribution is 2.31. The third-order valence-corrected chi connectivity index (χ3v) is 7.43. The molecular weight excluding hydrogens is 455 g/mol. The first-order valence-electron chi connectivity index (χ1n) is 9.71. The number of halogens is 2. The first kappa shape index (κ1) is 22.1. The summed E-state index contributed by atoms with van der Waals surface area (Å²) in [6.45, 7) is -0.230. The summed E-state index contributed by atoms with van der Waals surface area (Å²) in [5.74, 6) is -1.76. The lowest BCUT2D eigenvalue weighted by atomic mass is 10.2. The zero-order valence-corrected chi connectivity index (χ0v) is 18.3. The van der Waals surface area contributed by atoms with Crippen molar-refractivity contribution in [1.29, 1.82) is 0 Å². The fourth-order valence-corrected chi connectivity index (χ4v) is 5.34. The van der Waals surface area contributed by atoms with Gasteiger partial charge in [-0.15, -0.1) is 0 Å². The van der Waals surface area contributed by atoms with Crippen LogP contribution in [0.25, 0.3) is 0 Å². The Hall–Kier alpha value is -3.07. The number of sulfonamides is 1. The van der Waals surface area contributed by atoms with Crippen molar-refractivity contribution in [1.82, 2.24) is 4.31 Å². The van der Waals surface area contributed by atoms with Crippen LogP contribution in [0.5, 0.6) is 0 Å². The molecule has 0 spiro atoms. The quantitative estimate of drug-likeness (QED) is 0.508. The van der Waals surface area contributed by atoms with Crippen LogP contribution in [0.4, 0.5) is 10.1 Å². The number of hydrogen-bond donors (Lipinski definition) is 0. The molecule has 0 bridgehead atoms. The fraction of sp³-hybridized carbons (Fsp3) is 0.130. The average Bonchev–Trinajstić information content (AvgIpc) is 3.07. The Bertz CT molecular complexity index is 1270. The number of benzene rings is 3. The van der Waals surface area contributed by atoms with E-state index in [0.29, 0.717) is 16.3 Å². The van der Waals surface area contributed by atoms with Gasteiger partial charge >= 0.3 is 0 Å². The number of carbonyl (C=O) groups excluding carboxylic acids is 2. The molecule has 1 fully saturated rings. The Morgan fingerprint density at radius 2 is 1.56 bits per heavy atom. The molecule has 1 heterocycles. The first-order chi connectivity index (χ1) is 15.3. The Labute approximate surface area is 189 Å². The zero-order valence-electron chi connectivity index (χ0n) is 16.7. The SMILES string of the molecule is O=C1CC(N(Cc2ccccc2Cl)S(=O)(=O)c2ccc(F)cc2)C(=O)N1c1ccccc1. The normalized spacial score (nSPS) is 16.7. The molecule has 9 heteroatoms. The van der Waals surface area contributed by atoms with Gasteiger partial charge < -0.3 is 0 Å². The van der Waals surface area contributed by atoms with Crippen LogP contribution < -0.4 is 4.90 Å². The maximum absolute atomic E-state index is 13.5. The number of hydrogen-bond acceptors (Lipinski definition) is 4. The summed E-state index contributed by atoms with van der Waals surface area (Å²) in [7, 11) is -4.27. The van der Waals surface area contributed by atoms with E-state index in [1.807, 2.05) is 0 Å². The molecule has 3 aromatic rings. The Kier molecular flexibility index (Phi) is 6.10. The summed E-state index contributed by atoms with van der Waals surface area (Å²) in [4.78, 5) is 26.8. The molecule has 0 N–H and O–H groups in total. The van der Waals surface area contributed by atoms with Crippen LogP contribution in [0.15, 0.2) is 83.8 Å². The standard InChI is InChI=1S/C23H18ClFN2O4S/c24-20-9-5-4-6-16(20)15-26(32(30,31)19-12-10-17(25)11-13-19)21-14-22(28)27(23(21)29)18-7-2-1-3-8-18/h1-13,21H,14-15H2. The molecule has 3 aromatic carbocycles. The smallest absolute Gasteiger partial charge is 0.252 e. The van der Waals surface area contributed by atoms with E-state index in [9.17, 15) is 22.4 Å². The van der Waals surface area contributed by atoms with E-state index in [1.54, 1.807) is 54.6 Å². The van der Waals surface area contributed by atoms with Gasteiger partial charge in [-0.05, 0) is 48.0 Å². The van der Waals surface area contributed by atoms with Crippen molar-refractivity contribution in [2.75, 3.05) is 4.90 Å². The van der Waals surface area contributed by atoms with Crippen LogP contribution >= 0.6 is 11.6 Å². The predicted molar refractivity (Wildman–Crippen MR) is 118 cm³/mol. The van der Waals surface area contributed by atoms with E-state index in [4.69, 9.17) is 11.6 Å². The van der Waals surface area contributed by atoms with Crippen LogP contribution in [-0.2, 0) is 26.2 Å². The third-order valence-electron chi connectivity index (χ3n) is 5.19. The lowest BCUT2D eigenvalue weighted by molar-refractivity contribution is -0.122. The van der Waals surface area contributed by atoms with Crippen LogP contribution in [0.2, 0.25) is 5.02 Å². The van der Waals surface area contributed by atoms with Crippen LogP contribution in [0.1, 0.15) is 12.0 Å². The Morgan fingerprint density at radius 3 is 2.22 bits per heavy atom. The minimum Gasteiger partial charge on any atom is -0.274 e. The summed E-state index contributed by atoms with van der Waals surface area (Å²) >= 11 is 6.25. The maximum Gasteiger partial charge on any atom is 0.252 e. The molecule has 0 saturated carbocycles. The summed E-state index contributed by atoms with van der Waals surface area (Å²) in [5.41, 5.74) is 0.833. The van der Waals surface area contributed by atoms with Crippen molar-refractivity contribution in [3.05, 3.63) is 95.3 Å². The molecule has 1 aliphatic heterocycles. The third kappa shape index (κ3) is 4.17. The van der Waals surface area contributed by atoms with E-state index in [0.717, 1.165) is 33.5 Å². The van der Waals surface area contributed by atoms with Crippen molar-refractivity contribution >= 4 is 39.1 Å². The summed E-state index contributed by atoms with van der Waals surface area (Å²) < 4.78 is 41.4. The second-order valence-corrected chi connectivity index (χ2v) is 9.52. The molecule has 0 aliphatic carbocycles. The van der Waals surface area contributed by atoms with E-state index in [-0.39, 0.29) is 17.9 Å². The van der Waals surface area contributed by atoms with Crippen molar-refractivity contribution in [3.63, 3.8) is 0 Å². The molecule has 4 rings (SSSR count). The second-order valence-electron chi connectivity index (χ2n) is 7.22. The maximum atomic E-state index is 13.5. The molecule has 1 atom stereocenters. The van der Waals surface area contributed by atoms with Gasteiger partial charge in [-0.25, -0.2) is 17.7 Å². The van der Waals surface area contributed by atoms with Gasteiger partial charge in [-0.2, -0.15) is 4.31 Å². The van der Waals surface area contributed by atoms with Crippen LogP contribution in [0.3, 0.4) is 0 Å². The molecule has 0 aromatic heterocycles. The number of amides is 2. The Morgan fingerprint density at radius 1 is 0.938 bits per heavy atom. The molecule has 2 amide bonds. The van der Waals surface area contributed by atoms with Gasteiger partial charge in [0.15, 0.2) is 0 Å². The van der Waals surface area contributed by atoms with E-state index >= 15 is 0 Å². The first-order valence-corrected chi connectivity index (χ1v) is 11.5. The highest BCUT2D eigenvalue weighted by molar-refractivity contribution is 7.89. The van der Waals surface area contributed by atoms with Gasteiger partial charge in [-0.1, -0.05) is 48.0 Å². The number of carbonyl (C=O) groups is 2. The largest absolute Gasteiger partial charge is 0.274 e. The molecule has 1 saturated heterocycles. The minimum absolute atomic E-state index is 0.190. The van der Waals surface area contributed by atoms with Gasteiger partial charge in [0.1, 0.15) is 11.9 Å². The number of para-hydroxylation sites is 1. The number of imide groups is 1. The highest BCUT2D eigenvalue weighted by Gasteiger charge is 2.47. The number of nitrogens with zero attached hydrogens (tertiary/aromatic N) is 2.